The first-order chi connectivity index (χ1) is 7.58. The van der Waals surface area contributed by atoms with Gasteiger partial charge in [0.25, 0.3) is 0 Å². The predicted molar refractivity (Wildman–Crippen MR) is 70.6 cm³/mol. The summed E-state index contributed by atoms with van der Waals surface area (Å²) in [6.45, 7) is 6.63. The van der Waals surface area contributed by atoms with Gasteiger partial charge in [0, 0.05) is 5.54 Å². The van der Waals surface area contributed by atoms with E-state index >= 15 is 0 Å². The highest BCUT2D eigenvalue weighted by Gasteiger charge is 2.20. The van der Waals surface area contributed by atoms with Crippen molar-refractivity contribution in [2.45, 2.75) is 57.9 Å². The summed E-state index contributed by atoms with van der Waals surface area (Å²) in [5.74, 6) is 0. The molecule has 3 N–H and O–H groups in total. The van der Waals surface area contributed by atoms with Crippen LogP contribution in [0.2, 0.25) is 0 Å². The van der Waals surface area contributed by atoms with Gasteiger partial charge >= 0.3 is 0 Å². The zero-order valence-corrected chi connectivity index (χ0v) is 11.3. The molecule has 0 aromatic rings. The van der Waals surface area contributed by atoms with E-state index in [9.17, 15) is 5.11 Å². The average molecular weight is 230 g/mol. The number of rotatable bonds is 10. The van der Waals surface area contributed by atoms with Crippen molar-refractivity contribution >= 4 is 0 Å². The Balaban J connectivity index is 3.56. The van der Waals surface area contributed by atoms with E-state index in [0.717, 1.165) is 25.8 Å². The molecule has 0 heterocycles. The van der Waals surface area contributed by atoms with Crippen LogP contribution in [0.15, 0.2) is 0 Å². The summed E-state index contributed by atoms with van der Waals surface area (Å²) in [4.78, 5) is 2.36. The van der Waals surface area contributed by atoms with Crippen LogP contribution in [0, 0.1) is 0 Å². The van der Waals surface area contributed by atoms with Crippen molar-refractivity contribution in [3.05, 3.63) is 0 Å². The molecule has 0 rings (SSSR count). The minimum atomic E-state index is -0.357. The summed E-state index contributed by atoms with van der Waals surface area (Å²) in [5, 5.41) is 9.19. The van der Waals surface area contributed by atoms with Crippen molar-refractivity contribution in [3.63, 3.8) is 0 Å². The summed E-state index contributed by atoms with van der Waals surface area (Å²) in [7, 11) is 2.17. The van der Waals surface area contributed by atoms with Crippen LogP contribution in [-0.2, 0) is 0 Å². The van der Waals surface area contributed by atoms with Gasteiger partial charge in [0.2, 0.25) is 0 Å². The molecule has 0 fully saturated rings. The van der Waals surface area contributed by atoms with Crippen LogP contribution in [0.3, 0.4) is 0 Å². The molecule has 0 aliphatic rings. The minimum absolute atomic E-state index is 0.100. The fraction of sp³-hybridized carbons (Fsp3) is 1.00. The summed E-state index contributed by atoms with van der Waals surface area (Å²) < 4.78 is 0. The Morgan fingerprint density at radius 3 is 2.25 bits per heavy atom. The molecule has 0 aliphatic heterocycles. The van der Waals surface area contributed by atoms with Crippen molar-refractivity contribution in [2.24, 2.45) is 5.73 Å². The molecule has 1 unspecified atom stereocenters. The molecule has 0 aliphatic carbocycles. The van der Waals surface area contributed by atoms with Crippen LogP contribution in [0.25, 0.3) is 0 Å². The minimum Gasteiger partial charge on any atom is -0.394 e. The summed E-state index contributed by atoms with van der Waals surface area (Å²) >= 11 is 0. The molecular formula is C13H30N2O. The molecule has 0 saturated carbocycles. The lowest BCUT2D eigenvalue weighted by Gasteiger charge is -2.26. The molecule has 1 atom stereocenters. The molecule has 3 heteroatoms. The van der Waals surface area contributed by atoms with Gasteiger partial charge in [0.15, 0.2) is 0 Å². The number of nitrogens with two attached hydrogens (primary N) is 1. The molecule has 0 spiro atoms. The van der Waals surface area contributed by atoms with Gasteiger partial charge in [-0.3, -0.25) is 0 Å². The number of hydrogen-bond donors (Lipinski definition) is 2. The van der Waals surface area contributed by atoms with Gasteiger partial charge in [-0.05, 0) is 45.8 Å². The molecule has 0 bridgehead atoms. The van der Waals surface area contributed by atoms with Crippen molar-refractivity contribution in [1.29, 1.82) is 0 Å². The Bertz CT molecular complexity index is 158. The smallest absolute Gasteiger partial charge is 0.0611 e. The molecule has 98 valence electrons. The monoisotopic (exact) mass is 230 g/mol. The maximum atomic E-state index is 9.19. The standard InChI is InChI=1S/C13H30N2O/c1-4-6-7-10-15(3)11-8-9-13(14,5-2)12-16/h16H,4-12,14H2,1-3H3. The second kappa shape index (κ2) is 8.97. The average Bonchev–Trinajstić information content (AvgIpc) is 2.29. The SMILES string of the molecule is CCCCCN(C)CCCC(N)(CC)CO. The lowest BCUT2D eigenvalue weighted by atomic mass is 9.92. The van der Waals surface area contributed by atoms with E-state index in [1.54, 1.807) is 0 Å². The molecule has 0 amide bonds. The Morgan fingerprint density at radius 1 is 1.12 bits per heavy atom. The van der Waals surface area contributed by atoms with Gasteiger partial charge < -0.3 is 15.7 Å². The van der Waals surface area contributed by atoms with E-state index in [2.05, 4.69) is 18.9 Å². The van der Waals surface area contributed by atoms with Crippen molar-refractivity contribution in [3.8, 4) is 0 Å². The highest BCUT2D eigenvalue weighted by atomic mass is 16.3. The van der Waals surface area contributed by atoms with Crippen LogP contribution in [0.5, 0.6) is 0 Å². The maximum Gasteiger partial charge on any atom is 0.0611 e. The first-order valence-electron chi connectivity index (χ1n) is 6.66. The van der Waals surface area contributed by atoms with Gasteiger partial charge in [-0.15, -0.1) is 0 Å². The van der Waals surface area contributed by atoms with E-state index in [1.165, 1.54) is 25.8 Å². The number of aliphatic hydroxyl groups excluding tert-OH is 1. The maximum absolute atomic E-state index is 9.19. The second-order valence-electron chi connectivity index (χ2n) is 4.99. The Morgan fingerprint density at radius 2 is 1.75 bits per heavy atom. The molecule has 16 heavy (non-hydrogen) atoms. The third-order valence-electron chi connectivity index (χ3n) is 3.38. The fourth-order valence-electron chi connectivity index (χ4n) is 1.81. The largest absolute Gasteiger partial charge is 0.394 e. The normalized spacial score (nSPS) is 15.4. The van der Waals surface area contributed by atoms with Crippen LogP contribution in [-0.4, -0.2) is 42.3 Å². The lowest BCUT2D eigenvalue weighted by Crippen LogP contribution is -2.43. The van der Waals surface area contributed by atoms with Gasteiger partial charge in [-0.2, -0.15) is 0 Å². The van der Waals surface area contributed by atoms with E-state index in [1.807, 2.05) is 6.92 Å². The Kier molecular flexibility index (Phi) is 8.90. The predicted octanol–water partition coefficient (Wildman–Crippen LogP) is 1.99. The highest BCUT2D eigenvalue weighted by Crippen LogP contribution is 2.13. The van der Waals surface area contributed by atoms with E-state index in [4.69, 9.17) is 5.73 Å². The molecule has 0 aromatic carbocycles. The molecule has 0 radical (unpaired) electrons. The number of unbranched alkanes of at least 4 members (excludes halogenated alkanes) is 2. The first kappa shape index (κ1) is 15.9. The third kappa shape index (κ3) is 7.20. The Labute approximate surface area is 101 Å². The summed E-state index contributed by atoms with van der Waals surface area (Å²) in [6, 6.07) is 0. The van der Waals surface area contributed by atoms with Gasteiger partial charge in [0.05, 0.1) is 6.61 Å². The van der Waals surface area contributed by atoms with E-state index < -0.39 is 0 Å². The van der Waals surface area contributed by atoms with Crippen molar-refractivity contribution in [1.82, 2.24) is 4.90 Å². The fourth-order valence-corrected chi connectivity index (χ4v) is 1.81. The zero-order valence-electron chi connectivity index (χ0n) is 11.3. The Hall–Kier alpha value is -0.120. The molecule has 0 saturated heterocycles. The lowest BCUT2D eigenvalue weighted by molar-refractivity contribution is 0.174. The van der Waals surface area contributed by atoms with Crippen LogP contribution >= 0.6 is 0 Å². The zero-order chi connectivity index (χ0) is 12.4. The van der Waals surface area contributed by atoms with Crippen LogP contribution in [0.1, 0.15) is 52.4 Å². The quantitative estimate of drug-likeness (QED) is 0.564. The summed E-state index contributed by atoms with van der Waals surface area (Å²) in [5.41, 5.74) is 5.68. The second-order valence-corrected chi connectivity index (χ2v) is 4.99. The molecule has 0 aromatic heterocycles. The van der Waals surface area contributed by atoms with E-state index in [-0.39, 0.29) is 12.1 Å². The highest BCUT2D eigenvalue weighted by molar-refractivity contribution is 4.81. The van der Waals surface area contributed by atoms with Crippen LogP contribution < -0.4 is 5.73 Å². The van der Waals surface area contributed by atoms with Gasteiger partial charge in [0.1, 0.15) is 0 Å². The van der Waals surface area contributed by atoms with Gasteiger partial charge in [-0.25, -0.2) is 0 Å². The first-order valence-corrected chi connectivity index (χ1v) is 6.66. The number of aliphatic hydroxyl groups is 1. The third-order valence-corrected chi connectivity index (χ3v) is 3.38. The van der Waals surface area contributed by atoms with E-state index in [0.29, 0.717) is 0 Å². The topological polar surface area (TPSA) is 49.5 Å². The van der Waals surface area contributed by atoms with Crippen molar-refractivity contribution < 1.29 is 5.11 Å². The van der Waals surface area contributed by atoms with Crippen LogP contribution in [0.4, 0.5) is 0 Å². The summed E-state index contributed by atoms with van der Waals surface area (Å²) in [6.07, 6.45) is 6.72. The number of nitrogens with zero attached hydrogens (tertiary/aromatic N) is 1. The molecular weight excluding hydrogens is 200 g/mol. The molecule has 3 nitrogen and oxygen atoms in total. The van der Waals surface area contributed by atoms with Crippen molar-refractivity contribution in [2.75, 3.05) is 26.7 Å². The van der Waals surface area contributed by atoms with Gasteiger partial charge in [-0.1, -0.05) is 26.7 Å². The number of hydrogen-bond acceptors (Lipinski definition) is 3.